The summed E-state index contributed by atoms with van der Waals surface area (Å²) in [6, 6.07) is 0. The molecule has 2 rings (SSSR count). The first-order chi connectivity index (χ1) is 8.60. The van der Waals surface area contributed by atoms with Gasteiger partial charge in [0, 0.05) is 32.6 Å². The Kier molecular flexibility index (Phi) is 4.19. The van der Waals surface area contributed by atoms with E-state index in [4.69, 9.17) is 9.84 Å². The molecular formula is C12H20N2O4. The average molecular weight is 256 g/mol. The van der Waals surface area contributed by atoms with Crippen LogP contribution in [0.5, 0.6) is 0 Å². The Morgan fingerprint density at radius 1 is 1.50 bits per heavy atom. The first-order valence-corrected chi connectivity index (χ1v) is 6.44. The summed E-state index contributed by atoms with van der Waals surface area (Å²) < 4.78 is 5.63. The van der Waals surface area contributed by atoms with Crippen molar-refractivity contribution >= 4 is 11.9 Å². The van der Waals surface area contributed by atoms with Crippen molar-refractivity contribution in [1.82, 2.24) is 9.80 Å². The second kappa shape index (κ2) is 5.67. The Morgan fingerprint density at radius 3 is 2.89 bits per heavy atom. The molecule has 0 radical (unpaired) electrons. The van der Waals surface area contributed by atoms with Gasteiger partial charge in [-0.05, 0) is 6.54 Å². The summed E-state index contributed by atoms with van der Waals surface area (Å²) in [4.78, 5) is 26.5. The number of likely N-dealkylation sites (N-methyl/N-ethyl adjacent to an activating group) is 1. The van der Waals surface area contributed by atoms with Crippen LogP contribution in [-0.4, -0.2) is 72.2 Å². The monoisotopic (exact) mass is 256 g/mol. The molecule has 2 heterocycles. The third kappa shape index (κ3) is 3.00. The van der Waals surface area contributed by atoms with Crippen LogP contribution in [0.2, 0.25) is 0 Å². The number of rotatable bonds is 4. The molecule has 1 N–H and O–H groups in total. The van der Waals surface area contributed by atoms with E-state index in [1.807, 2.05) is 0 Å². The number of likely N-dealkylation sites (tertiary alicyclic amines) is 1. The van der Waals surface area contributed by atoms with Crippen molar-refractivity contribution in [2.24, 2.45) is 5.92 Å². The number of carbonyl (C=O) groups is 2. The second-order valence-corrected chi connectivity index (χ2v) is 4.92. The predicted octanol–water partition coefficient (Wildman–Crippen LogP) is -0.360. The van der Waals surface area contributed by atoms with Crippen LogP contribution in [0.15, 0.2) is 0 Å². The van der Waals surface area contributed by atoms with E-state index in [1.54, 1.807) is 4.90 Å². The Balaban J connectivity index is 1.86. The molecule has 2 fully saturated rings. The van der Waals surface area contributed by atoms with Crippen molar-refractivity contribution in [3.05, 3.63) is 0 Å². The highest BCUT2D eigenvalue weighted by Gasteiger charge is 2.36. The van der Waals surface area contributed by atoms with Crippen LogP contribution in [-0.2, 0) is 14.3 Å². The molecule has 0 aromatic carbocycles. The first kappa shape index (κ1) is 13.3. The van der Waals surface area contributed by atoms with Crippen molar-refractivity contribution in [3.63, 3.8) is 0 Å². The summed E-state index contributed by atoms with van der Waals surface area (Å²) in [7, 11) is 0. The smallest absolute Gasteiger partial charge is 0.308 e. The quantitative estimate of drug-likeness (QED) is 0.744. The van der Waals surface area contributed by atoms with Crippen LogP contribution in [0.4, 0.5) is 0 Å². The van der Waals surface area contributed by atoms with E-state index in [-0.39, 0.29) is 18.4 Å². The van der Waals surface area contributed by atoms with Crippen molar-refractivity contribution < 1.29 is 19.4 Å². The number of carbonyl (C=O) groups excluding carboxylic acids is 1. The van der Waals surface area contributed by atoms with Crippen LogP contribution < -0.4 is 0 Å². The predicted molar refractivity (Wildman–Crippen MR) is 64.2 cm³/mol. The largest absolute Gasteiger partial charge is 0.481 e. The van der Waals surface area contributed by atoms with Crippen molar-refractivity contribution in [1.29, 1.82) is 0 Å². The maximum absolute atomic E-state index is 11.7. The van der Waals surface area contributed by atoms with Gasteiger partial charge >= 0.3 is 5.97 Å². The van der Waals surface area contributed by atoms with Crippen LogP contribution in [0.3, 0.4) is 0 Å². The minimum Gasteiger partial charge on any atom is -0.481 e. The topological polar surface area (TPSA) is 70.1 Å². The van der Waals surface area contributed by atoms with Gasteiger partial charge in [0.15, 0.2) is 0 Å². The van der Waals surface area contributed by atoms with Gasteiger partial charge < -0.3 is 14.7 Å². The number of amides is 1. The second-order valence-electron chi connectivity index (χ2n) is 4.92. The zero-order valence-electron chi connectivity index (χ0n) is 10.7. The number of carboxylic acids is 1. The van der Waals surface area contributed by atoms with Crippen LogP contribution >= 0.6 is 0 Å². The van der Waals surface area contributed by atoms with Gasteiger partial charge in [-0.3, -0.25) is 14.5 Å². The van der Waals surface area contributed by atoms with E-state index >= 15 is 0 Å². The summed E-state index contributed by atoms with van der Waals surface area (Å²) in [5, 5.41) is 8.92. The summed E-state index contributed by atoms with van der Waals surface area (Å²) in [5.74, 6) is -1.51. The van der Waals surface area contributed by atoms with Crippen molar-refractivity contribution in [2.45, 2.75) is 19.4 Å². The Labute approximate surface area is 106 Å². The van der Waals surface area contributed by atoms with E-state index in [1.165, 1.54) is 0 Å². The van der Waals surface area contributed by atoms with Gasteiger partial charge in [0.1, 0.15) is 0 Å². The zero-order chi connectivity index (χ0) is 13.1. The molecule has 1 amide bonds. The molecule has 0 aromatic rings. The van der Waals surface area contributed by atoms with Gasteiger partial charge in [-0.15, -0.1) is 0 Å². The van der Waals surface area contributed by atoms with Gasteiger partial charge in [-0.2, -0.15) is 0 Å². The number of ether oxygens (including phenoxy) is 1. The molecule has 6 nitrogen and oxygen atoms in total. The van der Waals surface area contributed by atoms with Crippen LogP contribution in [0, 0.1) is 5.92 Å². The van der Waals surface area contributed by atoms with Gasteiger partial charge in [0.05, 0.1) is 18.6 Å². The third-order valence-corrected chi connectivity index (χ3v) is 3.66. The molecule has 0 saturated carbocycles. The number of hydrogen-bond acceptors (Lipinski definition) is 4. The lowest BCUT2D eigenvalue weighted by Gasteiger charge is -2.34. The lowest BCUT2D eigenvalue weighted by Crippen LogP contribution is -2.47. The van der Waals surface area contributed by atoms with Crippen LogP contribution in [0.1, 0.15) is 13.3 Å². The lowest BCUT2D eigenvalue weighted by atomic mass is 10.1. The fraction of sp³-hybridized carbons (Fsp3) is 0.833. The Hall–Kier alpha value is -1.14. The van der Waals surface area contributed by atoms with E-state index in [0.717, 1.165) is 19.6 Å². The minimum atomic E-state index is -0.884. The van der Waals surface area contributed by atoms with E-state index in [2.05, 4.69) is 11.8 Å². The molecule has 2 aliphatic rings. The zero-order valence-corrected chi connectivity index (χ0v) is 10.7. The van der Waals surface area contributed by atoms with E-state index in [0.29, 0.717) is 19.7 Å². The molecule has 0 aliphatic carbocycles. The fourth-order valence-corrected chi connectivity index (χ4v) is 2.54. The molecule has 0 bridgehead atoms. The molecule has 0 spiro atoms. The lowest BCUT2D eigenvalue weighted by molar-refractivity contribution is -0.141. The molecule has 2 aliphatic heterocycles. The summed E-state index contributed by atoms with van der Waals surface area (Å²) in [6.07, 6.45) is 0.134. The highest BCUT2D eigenvalue weighted by Crippen LogP contribution is 2.19. The molecule has 102 valence electrons. The number of hydrogen-bond donors (Lipinski definition) is 1. The SMILES string of the molecule is CCN1CCOC(CN2CC(C(=O)O)CC2=O)C1. The third-order valence-electron chi connectivity index (χ3n) is 3.66. The van der Waals surface area contributed by atoms with E-state index in [9.17, 15) is 9.59 Å². The number of nitrogens with zero attached hydrogens (tertiary/aromatic N) is 2. The van der Waals surface area contributed by atoms with Gasteiger partial charge in [-0.1, -0.05) is 6.92 Å². The molecule has 2 saturated heterocycles. The molecule has 0 aromatic heterocycles. The molecule has 18 heavy (non-hydrogen) atoms. The summed E-state index contributed by atoms with van der Waals surface area (Å²) >= 11 is 0. The van der Waals surface area contributed by atoms with Gasteiger partial charge in [0.2, 0.25) is 5.91 Å². The normalized spacial score (nSPS) is 29.8. The first-order valence-electron chi connectivity index (χ1n) is 6.44. The highest BCUT2D eigenvalue weighted by molar-refractivity contribution is 5.86. The fourth-order valence-electron chi connectivity index (χ4n) is 2.54. The highest BCUT2D eigenvalue weighted by atomic mass is 16.5. The molecule has 2 atom stereocenters. The summed E-state index contributed by atoms with van der Waals surface area (Å²) in [6.45, 7) is 6.34. The van der Waals surface area contributed by atoms with E-state index < -0.39 is 11.9 Å². The van der Waals surface area contributed by atoms with Crippen LogP contribution in [0.25, 0.3) is 0 Å². The summed E-state index contributed by atoms with van der Waals surface area (Å²) in [5.41, 5.74) is 0. The number of aliphatic carboxylic acids is 1. The maximum atomic E-state index is 11.7. The average Bonchev–Trinajstić information content (AvgIpc) is 2.71. The number of carboxylic acid groups (broad SMARTS) is 1. The van der Waals surface area contributed by atoms with Gasteiger partial charge in [0.25, 0.3) is 0 Å². The molecular weight excluding hydrogens is 236 g/mol. The number of morpholine rings is 1. The Bertz CT molecular complexity index is 334. The maximum Gasteiger partial charge on any atom is 0.308 e. The Morgan fingerprint density at radius 2 is 2.28 bits per heavy atom. The molecule has 2 unspecified atom stereocenters. The van der Waals surface area contributed by atoms with Crippen molar-refractivity contribution in [3.8, 4) is 0 Å². The standard InChI is InChI=1S/C12H20N2O4/c1-2-13-3-4-18-10(7-13)8-14-6-9(12(16)17)5-11(14)15/h9-10H,2-8H2,1H3,(H,16,17). The van der Waals surface area contributed by atoms with Gasteiger partial charge in [-0.25, -0.2) is 0 Å². The van der Waals surface area contributed by atoms with Crippen molar-refractivity contribution in [2.75, 3.05) is 39.3 Å². The minimum absolute atomic E-state index is 0.00944. The molecule has 6 heteroatoms.